The van der Waals surface area contributed by atoms with Crippen LogP contribution in [0.5, 0.6) is 0 Å². The number of hydrogen-bond donors (Lipinski definition) is 1. The Hall–Kier alpha value is -3.06. The van der Waals surface area contributed by atoms with Crippen molar-refractivity contribution in [1.82, 2.24) is 9.99 Å². The molecule has 1 aromatic carbocycles. The van der Waals surface area contributed by atoms with E-state index in [1.807, 2.05) is 40.3 Å². The molecule has 0 saturated carbocycles. The topological polar surface area (TPSA) is 80.5 Å². The molecular formula is C20H19N3O3S. The van der Waals surface area contributed by atoms with Gasteiger partial charge in [-0.2, -0.15) is 0 Å². The lowest BCUT2D eigenvalue weighted by Crippen LogP contribution is -2.29. The van der Waals surface area contributed by atoms with Crippen LogP contribution in [0.1, 0.15) is 19.8 Å². The maximum Gasteiger partial charge on any atom is 0.275 e. The lowest BCUT2D eigenvalue weighted by Gasteiger charge is -2.09. The third-order valence-electron chi connectivity index (χ3n) is 4.05. The smallest absolute Gasteiger partial charge is 0.275 e. The zero-order valence-corrected chi connectivity index (χ0v) is 15.7. The summed E-state index contributed by atoms with van der Waals surface area (Å²) in [5.41, 5.74) is 4.29. The molecule has 0 spiro atoms. The molecule has 1 aliphatic rings. The van der Waals surface area contributed by atoms with E-state index in [0.29, 0.717) is 4.80 Å². The molecule has 0 radical (unpaired) electrons. The third-order valence-corrected chi connectivity index (χ3v) is 4.91. The maximum absolute atomic E-state index is 12.2. The van der Waals surface area contributed by atoms with Gasteiger partial charge in [0.05, 0.1) is 11.3 Å². The molecule has 0 aliphatic heterocycles. The van der Waals surface area contributed by atoms with Gasteiger partial charge in [-0.25, -0.2) is 5.43 Å². The Morgan fingerprint density at radius 3 is 2.70 bits per heavy atom. The van der Waals surface area contributed by atoms with Gasteiger partial charge in [-0.05, 0) is 24.1 Å². The van der Waals surface area contributed by atoms with E-state index in [9.17, 15) is 14.4 Å². The number of hydrogen-bond acceptors (Lipinski definition) is 5. The predicted molar refractivity (Wildman–Crippen MR) is 104 cm³/mol. The fourth-order valence-corrected chi connectivity index (χ4v) is 3.53. The summed E-state index contributed by atoms with van der Waals surface area (Å²) >= 11 is 1.41. The molecule has 1 heterocycles. The van der Waals surface area contributed by atoms with E-state index in [0.717, 1.165) is 48.9 Å². The molecule has 0 atom stereocenters. The van der Waals surface area contributed by atoms with Crippen LogP contribution in [0.25, 0.3) is 11.3 Å². The molecule has 0 saturated heterocycles. The second-order valence-corrected chi connectivity index (χ2v) is 6.82. The average Bonchev–Trinajstić information content (AvgIpc) is 3.09. The zero-order chi connectivity index (χ0) is 19.2. The molecule has 2 aromatic rings. The van der Waals surface area contributed by atoms with E-state index in [2.05, 4.69) is 17.5 Å². The highest BCUT2D eigenvalue weighted by atomic mass is 32.1. The maximum atomic E-state index is 12.2. The first kappa shape index (κ1) is 18.7. The molecule has 0 fully saturated rings. The highest BCUT2D eigenvalue weighted by molar-refractivity contribution is 7.07. The molecule has 1 N–H and O–H groups in total. The number of amides is 1. The Morgan fingerprint density at radius 2 is 1.96 bits per heavy atom. The van der Waals surface area contributed by atoms with Crippen LogP contribution in [0.2, 0.25) is 0 Å². The Labute approximate surface area is 160 Å². The normalized spacial score (nSPS) is 14.4. The molecule has 1 aliphatic carbocycles. The van der Waals surface area contributed by atoms with Gasteiger partial charge in [-0.3, -0.25) is 14.4 Å². The van der Waals surface area contributed by atoms with Crippen molar-refractivity contribution in [2.24, 2.45) is 5.10 Å². The summed E-state index contributed by atoms with van der Waals surface area (Å²) in [5, 5.41) is 6.19. The molecule has 1 amide bonds. The number of thiazole rings is 1. The minimum atomic E-state index is -0.686. The van der Waals surface area contributed by atoms with E-state index in [4.69, 9.17) is 0 Å². The standard InChI is InChI=1S/C20H19N3O3S/c1-2-3-11-23-17(14-7-5-4-6-8-14)13-27-20(23)22-21-19(26)16-12-15(24)9-10-18(16)25/h4-10,12-13H,2-3,11H2,1H3,(H,21,26)/b22-20+. The minimum absolute atomic E-state index is 0.203. The van der Waals surface area contributed by atoms with Crippen LogP contribution in [0.15, 0.2) is 64.6 Å². The molecular weight excluding hydrogens is 362 g/mol. The van der Waals surface area contributed by atoms with Crippen molar-refractivity contribution >= 4 is 28.8 Å². The largest absolute Gasteiger partial charge is 0.315 e. The first-order chi connectivity index (χ1) is 13.1. The number of unbranched alkanes of at least 4 members (excludes halogenated alkanes) is 1. The quantitative estimate of drug-likeness (QED) is 0.474. The highest BCUT2D eigenvalue weighted by Crippen LogP contribution is 2.20. The van der Waals surface area contributed by atoms with Gasteiger partial charge in [0.2, 0.25) is 4.80 Å². The van der Waals surface area contributed by atoms with E-state index < -0.39 is 11.7 Å². The number of aromatic nitrogens is 1. The van der Waals surface area contributed by atoms with Crippen LogP contribution in [-0.2, 0) is 20.9 Å². The fourth-order valence-electron chi connectivity index (χ4n) is 2.64. The number of carbonyl (C=O) groups excluding carboxylic acids is 3. The number of benzene rings is 1. The van der Waals surface area contributed by atoms with Gasteiger partial charge in [0.25, 0.3) is 5.91 Å². The Morgan fingerprint density at radius 1 is 1.19 bits per heavy atom. The Kier molecular flexibility index (Phi) is 5.93. The van der Waals surface area contributed by atoms with Gasteiger partial charge < -0.3 is 4.57 Å². The number of rotatable bonds is 6. The van der Waals surface area contributed by atoms with E-state index >= 15 is 0 Å². The molecule has 27 heavy (non-hydrogen) atoms. The van der Waals surface area contributed by atoms with Crippen molar-refractivity contribution in [3.05, 3.63) is 64.3 Å². The first-order valence-electron chi connectivity index (χ1n) is 8.66. The molecule has 3 rings (SSSR count). The summed E-state index contributed by atoms with van der Waals surface area (Å²) in [5.74, 6) is -1.58. The summed E-state index contributed by atoms with van der Waals surface area (Å²) < 4.78 is 2.05. The van der Waals surface area contributed by atoms with Crippen molar-refractivity contribution in [3.63, 3.8) is 0 Å². The summed E-state index contributed by atoms with van der Waals surface area (Å²) in [6.45, 7) is 2.88. The Bertz CT molecular complexity index is 997. The SMILES string of the molecule is CCCCn1c(-c2ccccc2)cs/c1=N/NC(=O)C1=CC(=O)C=CC1=O. The number of carbonyl (C=O) groups is 3. The van der Waals surface area contributed by atoms with Gasteiger partial charge in [-0.1, -0.05) is 43.7 Å². The van der Waals surface area contributed by atoms with Crippen molar-refractivity contribution < 1.29 is 14.4 Å². The van der Waals surface area contributed by atoms with Crippen LogP contribution in [0, 0.1) is 0 Å². The number of ketones is 2. The van der Waals surface area contributed by atoms with Crippen molar-refractivity contribution in [1.29, 1.82) is 0 Å². The van der Waals surface area contributed by atoms with Crippen LogP contribution >= 0.6 is 11.3 Å². The minimum Gasteiger partial charge on any atom is -0.315 e. The molecule has 1 aromatic heterocycles. The van der Waals surface area contributed by atoms with Crippen LogP contribution in [-0.4, -0.2) is 22.0 Å². The summed E-state index contributed by atoms with van der Waals surface area (Å²) in [4.78, 5) is 36.1. The van der Waals surface area contributed by atoms with E-state index in [1.165, 1.54) is 11.3 Å². The van der Waals surface area contributed by atoms with Crippen molar-refractivity contribution in [2.75, 3.05) is 0 Å². The van der Waals surface area contributed by atoms with Crippen molar-refractivity contribution in [3.8, 4) is 11.3 Å². The van der Waals surface area contributed by atoms with Crippen LogP contribution < -0.4 is 10.2 Å². The average molecular weight is 381 g/mol. The summed E-state index contributed by atoms with van der Waals surface area (Å²) in [7, 11) is 0. The van der Waals surface area contributed by atoms with Crippen LogP contribution in [0.3, 0.4) is 0 Å². The predicted octanol–water partition coefficient (Wildman–Crippen LogP) is 2.58. The number of nitrogens with one attached hydrogen (secondary N) is 1. The summed E-state index contributed by atoms with van der Waals surface area (Å²) in [6.07, 6.45) is 5.26. The highest BCUT2D eigenvalue weighted by Gasteiger charge is 2.20. The van der Waals surface area contributed by atoms with Crippen LogP contribution in [0.4, 0.5) is 0 Å². The second kappa shape index (κ2) is 8.55. The Balaban J connectivity index is 1.89. The second-order valence-electron chi connectivity index (χ2n) is 5.99. The third kappa shape index (κ3) is 4.38. The fraction of sp³-hybridized carbons (Fsp3) is 0.200. The van der Waals surface area contributed by atoms with E-state index in [-0.39, 0.29) is 11.4 Å². The molecule has 0 unspecified atom stereocenters. The molecule has 138 valence electrons. The van der Waals surface area contributed by atoms with E-state index in [1.54, 1.807) is 0 Å². The van der Waals surface area contributed by atoms with Gasteiger partial charge in [0.15, 0.2) is 11.6 Å². The molecule has 7 heteroatoms. The van der Waals surface area contributed by atoms with Gasteiger partial charge in [0.1, 0.15) is 0 Å². The summed E-state index contributed by atoms with van der Waals surface area (Å²) in [6, 6.07) is 9.96. The zero-order valence-electron chi connectivity index (χ0n) is 14.8. The monoisotopic (exact) mass is 381 g/mol. The van der Waals surface area contributed by atoms with Gasteiger partial charge >= 0.3 is 0 Å². The van der Waals surface area contributed by atoms with Crippen molar-refractivity contribution in [2.45, 2.75) is 26.3 Å². The van der Waals surface area contributed by atoms with Gasteiger partial charge in [-0.15, -0.1) is 16.4 Å². The lowest BCUT2D eigenvalue weighted by atomic mass is 10.0. The molecule has 6 nitrogen and oxygen atoms in total. The number of nitrogens with zero attached hydrogens (tertiary/aromatic N) is 2. The first-order valence-corrected chi connectivity index (χ1v) is 9.54. The van der Waals surface area contributed by atoms with Gasteiger partial charge in [0, 0.05) is 18.0 Å². The molecule has 0 bridgehead atoms. The number of allylic oxidation sites excluding steroid dienone is 3. The lowest BCUT2D eigenvalue weighted by molar-refractivity contribution is -0.122.